The fourth-order valence-electron chi connectivity index (χ4n) is 3.48. The third-order valence-electron chi connectivity index (χ3n) is 4.89. The molecule has 0 amide bonds. The van der Waals surface area contributed by atoms with E-state index in [2.05, 4.69) is 49.1 Å². The number of rotatable bonds is 4. The third-order valence-corrected chi connectivity index (χ3v) is 5.70. The fraction of sp³-hybridized carbons (Fsp3) is 0.190. The topological polar surface area (TPSA) is 67.7 Å². The van der Waals surface area contributed by atoms with Crippen molar-refractivity contribution < 1.29 is 0 Å². The van der Waals surface area contributed by atoms with Gasteiger partial charge in [-0.05, 0) is 0 Å². The standard InChI is InChI=1S/C21H18N6S/c1-2-4-15(5-3-1)20-19(28-14-25-20)12-27-7-6-18-17(11-27)10-24-21(26-18)16-8-22-13-23-9-16/h1-5,8-10,13-14H,6-7,11-12H2. The molecule has 0 bridgehead atoms. The third kappa shape index (κ3) is 3.42. The molecule has 0 radical (unpaired) electrons. The molecule has 1 aromatic carbocycles. The summed E-state index contributed by atoms with van der Waals surface area (Å²) in [5, 5.41) is 0. The predicted molar refractivity (Wildman–Crippen MR) is 108 cm³/mol. The number of thiazole rings is 1. The lowest BCUT2D eigenvalue weighted by Gasteiger charge is -2.27. The van der Waals surface area contributed by atoms with Crippen molar-refractivity contribution in [1.82, 2.24) is 29.8 Å². The minimum atomic E-state index is 0.696. The van der Waals surface area contributed by atoms with Crippen LogP contribution in [0.3, 0.4) is 0 Å². The number of benzene rings is 1. The van der Waals surface area contributed by atoms with Gasteiger partial charge in [0, 0.05) is 60.6 Å². The van der Waals surface area contributed by atoms with Gasteiger partial charge in [-0.2, -0.15) is 0 Å². The van der Waals surface area contributed by atoms with Crippen molar-refractivity contribution in [3.63, 3.8) is 0 Å². The van der Waals surface area contributed by atoms with E-state index in [1.807, 2.05) is 17.8 Å². The summed E-state index contributed by atoms with van der Waals surface area (Å²) in [6, 6.07) is 10.4. The summed E-state index contributed by atoms with van der Waals surface area (Å²) in [5.41, 5.74) is 7.37. The summed E-state index contributed by atoms with van der Waals surface area (Å²) in [5.74, 6) is 0.696. The normalized spacial score (nSPS) is 14.0. The SMILES string of the molecule is c1ccc(-c2ncsc2CN2CCc3nc(-c4cncnc4)ncc3C2)cc1. The lowest BCUT2D eigenvalue weighted by atomic mass is 10.1. The van der Waals surface area contributed by atoms with Gasteiger partial charge in [-0.25, -0.2) is 24.9 Å². The Morgan fingerprint density at radius 1 is 0.964 bits per heavy atom. The van der Waals surface area contributed by atoms with Crippen molar-refractivity contribution in [3.05, 3.63) is 76.9 Å². The summed E-state index contributed by atoms with van der Waals surface area (Å²) in [4.78, 5) is 25.7. The van der Waals surface area contributed by atoms with Crippen LogP contribution < -0.4 is 0 Å². The molecule has 0 saturated carbocycles. The van der Waals surface area contributed by atoms with Gasteiger partial charge in [0.1, 0.15) is 6.33 Å². The van der Waals surface area contributed by atoms with E-state index in [-0.39, 0.29) is 0 Å². The molecular weight excluding hydrogens is 368 g/mol. The molecule has 1 aliphatic rings. The zero-order valence-electron chi connectivity index (χ0n) is 15.2. The van der Waals surface area contributed by atoms with E-state index in [0.29, 0.717) is 5.82 Å². The smallest absolute Gasteiger partial charge is 0.162 e. The van der Waals surface area contributed by atoms with E-state index in [9.17, 15) is 0 Å². The van der Waals surface area contributed by atoms with Crippen LogP contribution in [0, 0.1) is 0 Å². The molecule has 0 fully saturated rings. The Morgan fingerprint density at radius 3 is 2.68 bits per heavy atom. The van der Waals surface area contributed by atoms with Gasteiger partial charge in [0.05, 0.1) is 22.5 Å². The van der Waals surface area contributed by atoms with Crippen LogP contribution in [-0.2, 0) is 19.5 Å². The average molecular weight is 386 g/mol. The highest BCUT2D eigenvalue weighted by Crippen LogP contribution is 2.28. The summed E-state index contributed by atoms with van der Waals surface area (Å²) >= 11 is 1.72. The van der Waals surface area contributed by atoms with E-state index >= 15 is 0 Å². The summed E-state index contributed by atoms with van der Waals surface area (Å²) < 4.78 is 0. The summed E-state index contributed by atoms with van der Waals surface area (Å²) in [7, 11) is 0. The van der Waals surface area contributed by atoms with Gasteiger partial charge in [0.25, 0.3) is 0 Å². The molecule has 5 rings (SSSR count). The van der Waals surface area contributed by atoms with Crippen LogP contribution in [0.2, 0.25) is 0 Å². The number of nitrogens with zero attached hydrogens (tertiary/aromatic N) is 6. The van der Waals surface area contributed by atoms with Gasteiger partial charge in [0.15, 0.2) is 5.82 Å². The minimum Gasteiger partial charge on any atom is -0.293 e. The molecule has 6 nitrogen and oxygen atoms in total. The Hall–Kier alpha value is -3.03. The second-order valence-electron chi connectivity index (χ2n) is 6.74. The first-order valence-corrected chi connectivity index (χ1v) is 10.0. The quantitative estimate of drug-likeness (QED) is 0.534. The first kappa shape index (κ1) is 17.1. The molecule has 7 heteroatoms. The monoisotopic (exact) mass is 386 g/mol. The first-order chi connectivity index (χ1) is 13.9. The molecule has 3 aromatic heterocycles. The molecule has 0 aliphatic carbocycles. The maximum absolute atomic E-state index is 4.75. The van der Waals surface area contributed by atoms with E-state index in [1.165, 1.54) is 22.3 Å². The van der Waals surface area contributed by atoms with Crippen molar-refractivity contribution >= 4 is 11.3 Å². The predicted octanol–water partition coefficient (Wildman–Crippen LogP) is 3.62. The number of aromatic nitrogens is 5. The van der Waals surface area contributed by atoms with Crippen LogP contribution in [0.15, 0.2) is 60.8 Å². The molecule has 1 aliphatic heterocycles. The van der Waals surface area contributed by atoms with Gasteiger partial charge in [-0.3, -0.25) is 4.90 Å². The molecule has 138 valence electrons. The Morgan fingerprint density at radius 2 is 1.82 bits per heavy atom. The number of fused-ring (bicyclic) bond motifs is 1. The molecule has 0 atom stereocenters. The molecule has 4 heterocycles. The largest absolute Gasteiger partial charge is 0.293 e. The van der Waals surface area contributed by atoms with Gasteiger partial charge in [0.2, 0.25) is 0 Å². The van der Waals surface area contributed by atoms with Gasteiger partial charge >= 0.3 is 0 Å². The first-order valence-electron chi connectivity index (χ1n) is 9.17. The molecule has 28 heavy (non-hydrogen) atoms. The average Bonchev–Trinajstić information content (AvgIpc) is 3.23. The molecule has 0 spiro atoms. The van der Waals surface area contributed by atoms with Crippen LogP contribution in [0.1, 0.15) is 16.1 Å². The van der Waals surface area contributed by atoms with Crippen molar-refractivity contribution in [3.8, 4) is 22.6 Å². The molecule has 0 saturated heterocycles. The van der Waals surface area contributed by atoms with Crippen molar-refractivity contribution in [2.24, 2.45) is 0 Å². The van der Waals surface area contributed by atoms with Crippen molar-refractivity contribution in [2.75, 3.05) is 6.54 Å². The highest BCUT2D eigenvalue weighted by Gasteiger charge is 2.21. The van der Waals surface area contributed by atoms with Crippen LogP contribution in [-0.4, -0.2) is 36.4 Å². The van der Waals surface area contributed by atoms with Gasteiger partial charge in [-0.1, -0.05) is 30.3 Å². The van der Waals surface area contributed by atoms with Crippen LogP contribution >= 0.6 is 11.3 Å². The summed E-state index contributed by atoms with van der Waals surface area (Å²) in [6.45, 7) is 2.72. The molecular formula is C21H18N6S. The van der Waals surface area contributed by atoms with Crippen molar-refractivity contribution in [2.45, 2.75) is 19.5 Å². The highest BCUT2D eigenvalue weighted by molar-refractivity contribution is 7.10. The molecule has 0 N–H and O–H groups in total. The van der Waals surface area contributed by atoms with Gasteiger partial charge in [-0.15, -0.1) is 11.3 Å². The maximum atomic E-state index is 4.75. The number of hydrogen-bond donors (Lipinski definition) is 0. The maximum Gasteiger partial charge on any atom is 0.162 e. The fourth-order valence-corrected chi connectivity index (χ4v) is 4.31. The lowest BCUT2D eigenvalue weighted by Crippen LogP contribution is -2.30. The van der Waals surface area contributed by atoms with Crippen LogP contribution in [0.25, 0.3) is 22.6 Å². The second kappa shape index (κ2) is 7.53. The van der Waals surface area contributed by atoms with Gasteiger partial charge < -0.3 is 0 Å². The van der Waals surface area contributed by atoms with E-state index in [4.69, 9.17) is 4.98 Å². The van der Waals surface area contributed by atoms with E-state index in [1.54, 1.807) is 23.7 Å². The molecule has 4 aromatic rings. The van der Waals surface area contributed by atoms with E-state index in [0.717, 1.165) is 43.0 Å². The number of hydrogen-bond acceptors (Lipinski definition) is 7. The Labute approximate surface area is 167 Å². The Kier molecular flexibility index (Phi) is 4.60. The highest BCUT2D eigenvalue weighted by atomic mass is 32.1. The Balaban J connectivity index is 1.34. The minimum absolute atomic E-state index is 0.696. The van der Waals surface area contributed by atoms with Crippen LogP contribution in [0.5, 0.6) is 0 Å². The zero-order valence-corrected chi connectivity index (χ0v) is 16.0. The summed E-state index contributed by atoms with van der Waals surface area (Å²) in [6.07, 6.45) is 7.88. The van der Waals surface area contributed by atoms with Crippen molar-refractivity contribution in [1.29, 1.82) is 0 Å². The second-order valence-corrected chi connectivity index (χ2v) is 7.68. The lowest BCUT2D eigenvalue weighted by molar-refractivity contribution is 0.245. The zero-order chi connectivity index (χ0) is 18.8. The van der Waals surface area contributed by atoms with E-state index < -0.39 is 0 Å². The van der Waals surface area contributed by atoms with Crippen LogP contribution in [0.4, 0.5) is 0 Å². The molecule has 0 unspecified atom stereocenters. The Bertz CT molecular complexity index is 1080.